The van der Waals surface area contributed by atoms with E-state index >= 15 is 0 Å². The third kappa shape index (κ3) is 5.38. The lowest BCUT2D eigenvalue weighted by atomic mass is 9.98. The molecule has 0 radical (unpaired) electrons. The van der Waals surface area contributed by atoms with Crippen molar-refractivity contribution in [1.29, 1.82) is 0 Å². The largest absolute Gasteiger partial charge is 0.490 e. The number of aryl methyl sites for hydroxylation is 1. The molecular weight excluding hydrogens is 362 g/mol. The Morgan fingerprint density at radius 1 is 0.862 bits per heavy atom. The maximum absolute atomic E-state index is 13.0. The predicted molar refractivity (Wildman–Crippen MR) is 117 cm³/mol. The van der Waals surface area contributed by atoms with Crippen LogP contribution in [0.2, 0.25) is 0 Å². The first-order valence-corrected chi connectivity index (χ1v) is 9.87. The zero-order chi connectivity index (χ0) is 20.6. The predicted octanol–water partition coefficient (Wildman–Crippen LogP) is 5.83. The molecule has 1 N–H and O–H groups in total. The number of ether oxygens (including phenoxy) is 2. The van der Waals surface area contributed by atoms with E-state index in [1.165, 1.54) is 0 Å². The van der Waals surface area contributed by atoms with Gasteiger partial charge in [0.15, 0.2) is 0 Å². The van der Waals surface area contributed by atoms with Crippen molar-refractivity contribution in [2.45, 2.75) is 26.7 Å². The maximum atomic E-state index is 13.0. The number of amides is 1. The Labute approximate surface area is 172 Å². The lowest BCUT2D eigenvalue weighted by Gasteiger charge is -2.17. The second-order valence-corrected chi connectivity index (χ2v) is 7.15. The Hall–Kier alpha value is -3.27. The molecular formula is C25H27NO3. The fraction of sp³-hybridized carbons (Fsp3) is 0.240. The molecule has 0 aliphatic rings. The molecule has 3 aromatic carbocycles. The third-order valence-electron chi connectivity index (χ3n) is 4.65. The highest BCUT2D eigenvalue weighted by atomic mass is 16.5. The fourth-order valence-electron chi connectivity index (χ4n) is 3.13. The summed E-state index contributed by atoms with van der Waals surface area (Å²) >= 11 is 0. The van der Waals surface area contributed by atoms with Gasteiger partial charge in [-0.25, -0.2) is 0 Å². The van der Waals surface area contributed by atoms with Crippen LogP contribution in [0, 0.1) is 6.92 Å². The second-order valence-electron chi connectivity index (χ2n) is 7.15. The lowest BCUT2D eigenvalue weighted by molar-refractivity contribution is 0.102. The van der Waals surface area contributed by atoms with Gasteiger partial charge in [-0.15, -0.1) is 0 Å². The van der Waals surface area contributed by atoms with Gasteiger partial charge in [0.05, 0.1) is 5.56 Å². The van der Waals surface area contributed by atoms with Crippen LogP contribution in [-0.4, -0.2) is 19.1 Å². The molecule has 0 aliphatic carbocycles. The van der Waals surface area contributed by atoms with Crippen molar-refractivity contribution >= 4 is 11.6 Å². The summed E-state index contributed by atoms with van der Waals surface area (Å²) in [7, 11) is 0. The minimum Gasteiger partial charge on any atom is -0.490 e. The average Bonchev–Trinajstić information content (AvgIpc) is 2.73. The van der Waals surface area contributed by atoms with E-state index in [2.05, 4.69) is 25.2 Å². The van der Waals surface area contributed by atoms with Gasteiger partial charge < -0.3 is 14.8 Å². The van der Waals surface area contributed by atoms with E-state index in [0.717, 1.165) is 22.6 Å². The quantitative estimate of drug-likeness (QED) is 0.493. The molecule has 4 nitrogen and oxygen atoms in total. The van der Waals surface area contributed by atoms with Crippen molar-refractivity contribution in [3.05, 3.63) is 89.5 Å². The van der Waals surface area contributed by atoms with Crippen LogP contribution >= 0.6 is 0 Å². The lowest BCUT2D eigenvalue weighted by Crippen LogP contribution is -2.17. The molecule has 0 saturated carbocycles. The average molecular weight is 389 g/mol. The molecule has 3 rings (SSSR count). The van der Waals surface area contributed by atoms with E-state index < -0.39 is 0 Å². The van der Waals surface area contributed by atoms with Crippen molar-refractivity contribution in [3.63, 3.8) is 0 Å². The number of benzene rings is 3. The summed E-state index contributed by atoms with van der Waals surface area (Å²) in [5.41, 5.74) is 3.53. The monoisotopic (exact) mass is 389 g/mol. The Kier molecular flexibility index (Phi) is 6.90. The van der Waals surface area contributed by atoms with Gasteiger partial charge in [0.25, 0.3) is 5.91 Å². The first-order valence-electron chi connectivity index (χ1n) is 9.87. The fourth-order valence-corrected chi connectivity index (χ4v) is 3.13. The van der Waals surface area contributed by atoms with Crippen molar-refractivity contribution in [3.8, 4) is 11.5 Å². The number of hydrogen-bond acceptors (Lipinski definition) is 3. The molecule has 150 valence electrons. The molecule has 0 aromatic heterocycles. The van der Waals surface area contributed by atoms with Gasteiger partial charge in [-0.2, -0.15) is 0 Å². The maximum Gasteiger partial charge on any atom is 0.259 e. The van der Waals surface area contributed by atoms with Crippen LogP contribution in [0.4, 0.5) is 5.69 Å². The summed E-state index contributed by atoms with van der Waals surface area (Å²) in [6.45, 7) is 6.99. The molecule has 4 heteroatoms. The van der Waals surface area contributed by atoms with Gasteiger partial charge in [-0.05, 0) is 48.2 Å². The van der Waals surface area contributed by atoms with Gasteiger partial charge in [0.1, 0.15) is 24.7 Å². The van der Waals surface area contributed by atoms with Crippen LogP contribution in [-0.2, 0) is 0 Å². The van der Waals surface area contributed by atoms with E-state index in [1.54, 1.807) is 12.1 Å². The first-order chi connectivity index (χ1) is 14.1. The molecule has 0 aliphatic heterocycles. The molecule has 0 heterocycles. The minimum atomic E-state index is -0.180. The van der Waals surface area contributed by atoms with Crippen molar-refractivity contribution in [1.82, 2.24) is 0 Å². The van der Waals surface area contributed by atoms with Gasteiger partial charge in [-0.1, -0.05) is 62.4 Å². The third-order valence-corrected chi connectivity index (χ3v) is 4.65. The summed E-state index contributed by atoms with van der Waals surface area (Å²) in [5, 5.41) is 3.08. The number of anilines is 1. The number of rotatable bonds is 8. The van der Waals surface area contributed by atoms with Crippen LogP contribution in [0.25, 0.3) is 0 Å². The van der Waals surface area contributed by atoms with Crippen LogP contribution in [0.1, 0.15) is 41.3 Å². The van der Waals surface area contributed by atoms with Gasteiger partial charge in [0, 0.05) is 5.69 Å². The van der Waals surface area contributed by atoms with E-state index in [9.17, 15) is 4.79 Å². The minimum absolute atomic E-state index is 0.180. The Morgan fingerprint density at radius 3 is 2.31 bits per heavy atom. The number of carbonyl (C=O) groups excluding carboxylic acids is 1. The van der Waals surface area contributed by atoms with E-state index in [1.807, 2.05) is 61.5 Å². The molecule has 0 unspecified atom stereocenters. The molecule has 0 fully saturated rings. The number of nitrogens with one attached hydrogen (secondary N) is 1. The van der Waals surface area contributed by atoms with Crippen LogP contribution in [0.3, 0.4) is 0 Å². The zero-order valence-electron chi connectivity index (χ0n) is 17.1. The molecule has 29 heavy (non-hydrogen) atoms. The summed E-state index contributed by atoms with van der Waals surface area (Å²) in [6, 6.07) is 22.9. The molecule has 0 spiro atoms. The molecule has 1 amide bonds. The Balaban J connectivity index is 1.68. The molecule has 0 atom stereocenters. The topological polar surface area (TPSA) is 47.6 Å². The number of carbonyl (C=O) groups is 1. The van der Waals surface area contributed by atoms with Crippen molar-refractivity contribution < 1.29 is 14.3 Å². The van der Waals surface area contributed by atoms with E-state index in [-0.39, 0.29) is 5.91 Å². The summed E-state index contributed by atoms with van der Waals surface area (Å²) in [6.07, 6.45) is 0. The SMILES string of the molecule is Cc1cccc(C(C)C)c1NC(=O)c1ccccc1OCCOc1ccccc1. The van der Waals surface area contributed by atoms with Crippen LogP contribution < -0.4 is 14.8 Å². The Morgan fingerprint density at radius 2 is 1.55 bits per heavy atom. The van der Waals surface area contributed by atoms with E-state index in [4.69, 9.17) is 9.47 Å². The first kappa shape index (κ1) is 20.5. The summed E-state index contributed by atoms with van der Waals surface area (Å²) < 4.78 is 11.5. The smallest absolute Gasteiger partial charge is 0.259 e. The summed E-state index contributed by atoms with van der Waals surface area (Å²) in [5.74, 6) is 1.47. The number of para-hydroxylation sites is 3. The molecule has 0 saturated heterocycles. The number of hydrogen-bond donors (Lipinski definition) is 1. The van der Waals surface area contributed by atoms with Crippen molar-refractivity contribution in [2.75, 3.05) is 18.5 Å². The van der Waals surface area contributed by atoms with Crippen molar-refractivity contribution in [2.24, 2.45) is 0 Å². The normalized spacial score (nSPS) is 10.6. The summed E-state index contributed by atoms with van der Waals surface area (Å²) in [4.78, 5) is 13.0. The van der Waals surface area contributed by atoms with Gasteiger partial charge in [-0.3, -0.25) is 4.79 Å². The highest BCUT2D eigenvalue weighted by molar-refractivity contribution is 6.07. The molecule has 0 bridgehead atoms. The van der Waals surface area contributed by atoms with Crippen LogP contribution in [0.15, 0.2) is 72.8 Å². The highest BCUT2D eigenvalue weighted by Crippen LogP contribution is 2.29. The van der Waals surface area contributed by atoms with Crippen LogP contribution in [0.5, 0.6) is 11.5 Å². The van der Waals surface area contributed by atoms with E-state index in [0.29, 0.717) is 30.4 Å². The highest BCUT2D eigenvalue weighted by Gasteiger charge is 2.16. The zero-order valence-corrected chi connectivity index (χ0v) is 17.1. The standard InChI is InChI=1S/C25H27NO3/c1-18(2)21-14-9-10-19(3)24(21)26-25(27)22-13-7-8-15-23(22)29-17-16-28-20-11-5-4-6-12-20/h4-15,18H,16-17H2,1-3H3,(H,26,27). The Bertz CT molecular complexity index is 951. The van der Waals surface area contributed by atoms with Gasteiger partial charge in [0.2, 0.25) is 0 Å². The molecule has 3 aromatic rings. The second kappa shape index (κ2) is 9.78. The van der Waals surface area contributed by atoms with Gasteiger partial charge >= 0.3 is 0 Å².